The third-order valence-electron chi connectivity index (χ3n) is 17.4. The first-order valence-electron chi connectivity index (χ1n) is 28.6. The van der Waals surface area contributed by atoms with E-state index in [2.05, 4.69) is 0 Å². The molecule has 0 aromatic carbocycles. The Kier molecular flexibility index (Phi) is 23.3. The summed E-state index contributed by atoms with van der Waals surface area (Å²) in [7, 11) is 0. The molecule has 29 heteroatoms. The van der Waals surface area contributed by atoms with Gasteiger partial charge in [-0.05, 0) is 88.4 Å². The summed E-state index contributed by atoms with van der Waals surface area (Å²) in [5, 5.41) is 158. The van der Waals surface area contributed by atoms with E-state index in [9.17, 15) is 90.7 Å². The number of carbonyl (C=O) groups excluding carboxylic acids is 3. The van der Waals surface area contributed by atoms with E-state index in [4.69, 9.17) is 52.5 Å². The number of rotatable bonds is 19. The van der Waals surface area contributed by atoms with E-state index in [-0.39, 0.29) is 56.3 Å². The molecule has 4 heterocycles. The highest BCUT2D eigenvalue weighted by Gasteiger charge is 2.54. The molecule has 4 aliphatic heterocycles. The maximum Gasteiger partial charge on any atom is 0.330 e. The summed E-state index contributed by atoms with van der Waals surface area (Å²) in [5.41, 5.74) is 0. The van der Waals surface area contributed by atoms with Gasteiger partial charge in [0.25, 0.3) is 0 Å². The van der Waals surface area contributed by atoms with E-state index in [1.165, 1.54) is 6.08 Å². The first-order valence-corrected chi connectivity index (χ1v) is 28.6. The Labute approximate surface area is 476 Å². The summed E-state index contributed by atoms with van der Waals surface area (Å²) in [6.45, 7) is -1.81. The van der Waals surface area contributed by atoms with Crippen molar-refractivity contribution in [3.8, 4) is 0 Å². The molecule has 4 saturated carbocycles. The van der Waals surface area contributed by atoms with Crippen molar-refractivity contribution in [2.75, 3.05) is 19.8 Å². The number of esters is 3. The number of hydrogen-bond acceptors (Lipinski definition) is 28. The lowest BCUT2D eigenvalue weighted by Crippen LogP contribution is -2.62. The number of carboxylic acid groups (broad SMARTS) is 1. The molecule has 0 radical (unpaired) electrons. The van der Waals surface area contributed by atoms with Crippen LogP contribution in [0.4, 0.5) is 0 Å². The fraction of sp³-hybridized carbons (Fsp3) is 0.852. The third-order valence-corrected chi connectivity index (χ3v) is 17.4. The van der Waals surface area contributed by atoms with Gasteiger partial charge < -0.3 is 124 Å². The first-order chi connectivity index (χ1) is 39.4. The molecule has 0 bridgehead atoms. The van der Waals surface area contributed by atoms with Gasteiger partial charge in [-0.2, -0.15) is 0 Å². The van der Waals surface area contributed by atoms with Gasteiger partial charge in [-0.1, -0.05) is 12.2 Å². The molecule has 83 heavy (non-hydrogen) atoms. The van der Waals surface area contributed by atoms with Gasteiger partial charge in [0, 0.05) is 30.9 Å². The summed E-state index contributed by atoms with van der Waals surface area (Å²) in [5.74, 6) is -5.64. The molecule has 0 spiro atoms. The minimum absolute atomic E-state index is 0.0441. The number of aliphatic hydroxyl groups excluding tert-OH is 14. The molecule has 8 fully saturated rings. The molecular weight excluding hydrogens is 1110 g/mol. The van der Waals surface area contributed by atoms with Crippen molar-refractivity contribution in [1.82, 2.24) is 0 Å². The summed E-state index contributed by atoms with van der Waals surface area (Å²) in [4.78, 5) is 48.3. The molecule has 27 atom stereocenters. The highest BCUT2D eigenvalue weighted by molar-refractivity contribution is 5.90. The van der Waals surface area contributed by atoms with Crippen LogP contribution >= 0.6 is 0 Å². The Balaban J connectivity index is 0.800. The van der Waals surface area contributed by atoms with E-state index in [0.29, 0.717) is 44.9 Å². The van der Waals surface area contributed by atoms with Crippen molar-refractivity contribution in [2.24, 2.45) is 23.7 Å². The number of carbonyl (C=O) groups is 4. The van der Waals surface area contributed by atoms with Crippen LogP contribution in [0.25, 0.3) is 0 Å². The number of hydrogen-bond donors (Lipinski definition) is 15. The van der Waals surface area contributed by atoms with Crippen LogP contribution in [0, 0.1) is 23.7 Å². The van der Waals surface area contributed by atoms with Crippen LogP contribution in [-0.4, -0.2) is 273 Å². The van der Waals surface area contributed by atoms with Crippen LogP contribution in [0.2, 0.25) is 0 Å². The zero-order chi connectivity index (χ0) is 60.0. The Hall–Kier alpha value is -3.48. The van der Waals surface area contributed by atoms with E-state index >= 15 is 0 Å². The molecule has 29 nitrogen and oxygen atoms in total. The number of aliphatic carboxylic acids is 1. The van der Waals surface area contributed by atoms with Crippen LogP contribution in [0.3, 0.4) is 0 Å². The lowest BCUT2D eigenvalue weighted by atomic mass is 9.73. The Morgan fingerprint density at radius 1 is 0.434 bits per heavy atom. The number of aliphatic hydroxyl groups is 14. The number of ether oxygens (including phenoxy) is 10. The second-order valence-corrected chi connectivity index (χ2v) is 23.4. The minimum atomic E-state index is -1.84. The van der Waals surface area contributed by atoms with Gasteiger partial charge in [-0.25, -0.2) is 9.59 Å². The lowest BCUT2D eigenvalue weighted by molar-refractivity contribution is -0.338. The average Bonchev–Trinajstić information content (AvgIpc) is 3.62. The summed E-state index contributed by atoms with van der Waals surface area (Å²) < 4.78 is 57.8. The van der Waals surface area contributed by atoms with Crippen LogP contribution in [-0.2, 0) is 66.5 Å². The molecule has 15 N–H and O–H groups in total. The van der Waals surface area contributed by atoms with E-state index in [1.54, 1.807) is 6.08 Å². The normalized spacial score (nSPS) is 46.2. The second kappa shape index (κ2) is 29.5. The van der Waals surface area contributed by atoms with Crippen molar-refractivity contribution < 1.29 is 143 Å². The molecule has 472 valence electrons. The van der Waals surface area contributed by atoms with Gasteiger partial charge in [-0.15, -0.1) is 0 Å². The topological polar surface area (TPSA) is 464 Å². The molecule has 4 aliphatic carbocycles. The molecule has 8 aliphatic rings. The Morgan fingerprint density at radius 2 is 0.916 bits per heavy atom. The zero-order valence-corrected chi connectivity index (χ0v) is 45.5. The van der Waals surface area contributed by atoms with Gasteiger partial charge in [0.2, 0.25) is 0 Å². The molecule has 8 rings (SSSR count). The number of fused-ring (bicyclic) bond motifs is 1. The molecule has 27 unspecified atom stereocenters. The predicted molar refractivity (Wildman–Crippen MR) is 271 cm³/mol. The molecule has 0 aromatic rings. The van der Waals surface area contributed by atoms with Crippen LogP contribution in [0.1, 0.15) is 89.9 Å². The summed E-state index contributed by atoms with van der Waals surface area (Å²) in [6.07, 6.45) is -25.3. The zero-order valence-electron chi connectivity index (χ0n) is 45.5. The fourth-order valence-corrected chi connectivity index (χ4v) is 12.5. The first kappa shape index (κ1) is 65.5. The van der Waals surface area contributed by atoms with E-state index in [0.717, 1.165) is 12.2 Å². The largest absolute Gasteiger partial charge is 0.481 e. The highest BCUT2D eigenvalue weighted by Crippen LogP contribution is 2.45. The van der Waals surface area contributed by atoms with Crippen LogP contribution < -0.4 is 0 Å². The maximum atomic E-state index is 13.0. The SMILES string of the molecule is O=C(O)CC(=O)OCC1OC(OC2CC3C(O)CC(OC4OC(COC(=O)C=CC5CCC(OC6OC(COC(=O)C=CC7CCC(O)C(O)C7)C(O)C(O)C6O)C(O)C5)C(O)C(O)C4O)CC3OC2C2CCC(O)CC2)C(O)C(O)C1O. The number of carboxylic acids is 1. The number of allylic oxidation sites excluding steroid dienone is 2. The van der Waals surface area contributed by atoms with Gasteiger partial charge in [-0.3, -0.25) is 9.59 Å². The van der Waals surface area contributed by atoms with Crippen LogP contribution in [0.5, 0.6) is 0 Å². The molecule has 0 amide bonds. The van der Waals surface area contributed by atoms with Crippen molar-refractivity contribution >= 4 is 23.9 Å². The summed E-state index contributed by atoms with van der Waals surface area (Å²) in [6, 6.07) is 0. The smallest absolute Gasteiger partial charge is 0.330 e. The average molecular weight is 1200 g/mol. The predicted octanol–water partition coefficient (Wildman–Crippen LogP) is -5.06. The van der Waals surface area contributed by atoms with Crippen molar-refractivity contribution in [2.45, 2.75) is 243 Å². The maximum absolute atomic E-state index is 13.0. The molecular formula is C54H82O29. The monoisotopic (exact) mass is 1190 g/mol. The third kappa shape index (κ3) is 16.8. The highest BCUT2D eigenvalue weighted by atomic mass is 16.7. The minimum Gasteiger partial charge on any atom is -0.481 e. The van der Waals surface area contributed by atoms with Crippen molar-refractivity contribution in [3.63, 3.8) is 0 Å². The fourth-order valence-electron chi connectivity index (χ4n) is 12.5. The van der Waals surface area contributed by atoms with Gasteiger partial charge in [0.15, 0.2) is 18.9 Å². The lowest BCUT2D eigenvalue weighted by Gasteiger charge is -2.51. The second-order valence-electron chi connectivity index (χ2n) is 23.4. The molecule has 0 aromatic heterocycles. The quantitative estimate of drug-likeness (QED) is 0.0249. The van der Waals surface area contributed by atoms with Crippen molar-refractivity contribution in [1.29, 1.82) is 0 Å². The summed E-state index contributed by atoms with van der Waals surface area (Å²) >= 11 is 0. The molecule has 4 saturated heterocycles. The Bertz CT molecular complexity index is 2180. The van der Waals surface area contributed by atoms with E-state index < -0.39 is 209 Å². The van der Waals surface area contributed by atoms with Gasteiger partial charge in [0.1, 0.15) is 99.5 Å². The Morgan fingerprint density at radius 3 is 1.42 bits per heavy atom. The van der Waals surface area contributed by atoms with Gasteiger partial charge >= 0.3 is 23.9 Å². The van der Waals surface area contributed by atoms with Crippen molar-refractivity contribution in [3.05, 3.63) is 24.3 Å². The standard InChI is InChI=1S/C54H82O29/c55-25-7-5-24(6-8-25)51-34(80-54-50(73)47(70)44(67)37(83-54)21-76-41(64)18-38(60)61)17-27-29(57)15-26(16-33(27)78-51)77-52-48(71)45(68)42(65)35(81-52)19-74-40(63)12-4-23-2-10-32(31(59)14-23)79-53-49(72)46(69)43(66)36(82-53)20-75-39(62)11-3-22-1-9-28(56)30(58)13-22/h3-4,11-12,22-37,42-59,65-73H,1-2,5-10,13-21H2,(H,60,61). The van der Waals surface area contributed by atoms with E-state index in [1.807, 2.05) is 0 Å². The van der Waals surface area contributed by atoms with Crippen LogP contribution in [0.15, 0.2) is 24.3 Å². The van der Waals surface area contributed by atoms with Gasteiger partial charge in [0.05, 0.1) is 61.0 Å².